The Balaban J connectivity index is 1.84. The van der Waals surface area contributed by atoms with E-state index in [-0.39, 0.29) is 28.5 Å². The molecule has 1 saturated heterocycles. The number of rotatable bonds is 5. The SMILES string of the molecule is CCCCOc1c2n(cc(C(=O)O)c1=O)C[C@]13CC[C@H](CN1C2=O)C3. The van der Waals surface area contributed by atoms with Crippen LogP contribution >= 0.6 is 0 Å². The van der Waals surface area contributed by atoms with Gasteiger partial charge in [0.2, 0.25) is 5.43 Å². The molecule has 7 nitrogen and oxygen atoms in total. The standard InChI is InChI=1S/C18H22N2O5/c1-2-3-6-25-15-13-16(22)20-8-11-4-5-18(20,7-11)10-19(13)9-12(14(15)21)17(23)24/h9,11H,2-8,10H2,1H3,(H,23,24)/t11-,18+/m0/s1. The molecule has 2 bridgehead atoms. The summed E-state index contributed by atoms with van der Waals surface area (Å²) in [5.41, 5.74) is -1.05. The molecule has 134 valence electrons. The summed E-state index contributed by atoms with van der Waals surface area (Å²) in [5.74, 6) is -1.08. The molecule has 3 aliphatic rings. The third-order valence-electron chi connectivity index (χ3n) is 5.83. The monoisotopic (exact) mass is 346 g/mol. The van der Waals surface area contributed by atoms with Gasteiger partial charge in [-0.25, -0.2) is 4.79 Å². The van der Waals surface area contributed by atoms with Gasteiger partial charge in [0, 0.05) is 19.3 Å². The first-order chi connectivity index (χ1) is 12.0. The lowest BCUT2D eigenvalue weighted by atomic mass is 9.93. The van der Waals surface area contributed by atoms with E-state index in [0.717, 1.165) is 38.6 Å². The van der Waals surface area contributed by atoms with Gasteiger partial charge in [0.05, 0.1) is 12.1 Å². The fourth-order valence-corrected chi connectivity index (χ4v) is 4.63. The molecule has 1 aliphatic carbocycles. The minimum atomic E-state index is -1.29. The van der Waals surface area contributed by atoms with E-state index in [4.69, 9.17) is 4.74 Å². The maximum absolute atomic E-state index is 13.1. The van der Waals surface area contributed by atoms with Gasteiger partial charge in [-0.1, -0.05) is 13.3 Å². The Morgan fingerprint density at radius 3 is 2.92 bits per heavy atom. The van der Waals surface area contributed by atoms with E-state index in [1.165, 1.54) is 6.20 Å². The Kier molecular flexibility index (Phi) is 3.63. The van der Waals surface area contributed by atoms with E-state index in [2.05, 4.69) is 0 Å². The van der Waals surface area contributed by atoms with Crippen molar-refractivity contribution >= 4 is 11.9 Å². The minimum absolute atomic E-state index is 0.101. The van der Waals surface area contributed by atoms with Crippen LogP contribution in [0.3, 0.4) is 0 Å². The molecule has 2 atom stereocenters. The van der Waals surface area contributed by atoms with Gasteiger partial charge < -0.3 is 19.3 Å². The number of nitrogens with zero attached hydrogens (tertiary/aromatic N) is 2. The number of aromatic carboxylic acids is 1. The maximum atomic E-state index is 13.1. The lowest BCUT2D eigenvalue weighted by Gasteiger charge is -2.44. The first-order valence-corrected chi connectivity index (χ1v) is 8.92. The number of fused-ring (bicyclic) bond motifs is 2. The molecule has 2 aliphatic heterocycles. The Hall–Kier alpha value is -2.31. The van der Waals surface area contributed by atoms with Crippen LogP contribution in [0.25, 0.3) is 0 Å². The van der Waals surface area contributed by atoms with Crippen LogP contribution in [-0.4, -0.2) is 45.1 Å². The second-order valence-electron chi connectivity index (χ2n) is 7.43. The first-order valence-electron chi connectivity index (χ1n) is 8.92. The van der Waals surface area contributed by atoms with Crippen LogP contribution < -0.4 is 10.2 Å². The highest BCUT2D eigenvalue weighted by Gasteiger charge is 2.56. The topological polar surface area (TPSA) is 88.8 Å². The van der Waals surface area contributed by atoms with E-state index >= 15 is 0 Å². The van der Waals surface area contributed by atoms with Crippen molar-refractivity contribution in [3.05, 3.63) is 27.7 Å². The summed E-state index contributed by atoms with van der Waals surface area (Å²) in [5, 5.41) is 9.38. The molecule has 0 aromatic carbocycles. The molecule has 1 amide bonds. The molecular formula is C18H22N2O5. The summed E-state index contributed by atoms with van der Waals surface area (Å²) in [7, 11) is 0. The van der Waals surface area contributed by atoms with Gasteiger partial charge in [0.15, 0.2) is 11.4 Å². The summed E-state index contributed by atoms with van der Waals surface area (Å²) in [6.07, 6.45) is 5.93. The first kappa shape index (κ1) is 16.2. The van der Waals surface area contributed by atoms with Crippen molar-refractivity contribution in [1.29, 1.82) is 0 Å². The number of piperidine rings is 1. The summed E-state index contributed by atoms with van der Waals surface area (Å²) in [4.78, 5) is 39.1. The normalized spacial score (nSPS) is 26.5. The fourth-order valence-electron chi connectivity index (χ4n) is 4.63. The predicted molar refractivity (Wildman–Crippen MR) is 89.2 cm³/mol. The summed E-state index contributed by atoms with van der Waals surface area (Å²) >= 11 is 0. The fraction of sp³-hybridized carbons (Fsp3) is 0.611. The second kappa shape index (κ2) is 5.61. The van der Waals surface area contributed by atoms with E-state index < -0.39 is 11.4 Å². The lowest BCUT2D eigenvalue weighted by molar-refractivity contribution is 0.0393. The molecule has 4 rings (SSSR count). The third-order valence-corrected chi connectivity index (χ3v) is 5.83. The number of ether oxygens (including phenoxy) is 1. The van der Waals surface area contributed by atoms with Crippen molar-refractivity contribution in [2.75, 3.05) is 13.2 Å². The number of hydrogen-bond donors (Lipinski definition) is 1. The van der Waals surface area contributed by atoms with E-state index in [1.807, 2.05) is 11.8 Å². The van der Waals surface area contributed by atoms with Gasteiger partial charge in [-0.15, -0.1) is 0 Å². The molecule has 2 fully saturated rings. The zero-order valence-electron chi connectivity index (χ0n) is 14.3. The lowest BCUT2D eigenvalue weighted by Crippen LogP contribution is -2.55. The molecule has 1 saturated carbocycles. The number of unbranched alkanes of at least 4 members (excludes halogenated alkanes) is 1. The predicted octanol–water partition coefficient (Wildman–Crippen LogP) is 1.73. The number of carbonyl (C=O) groups excluding carboxylic acids is 1. The average molecular weight is 346 g/mol. The molecule has 1 N–H and O–H groups in total. The van der Waals surface area contributed by atoms with Gasteiger partial charge in [0.25, 0.3) is 5.91 Å². The van der Waals surface area contributed by atoms with Crippen LogP contribution in [-0.2, 0) is 6.54 Å². The number of carboxylic acid groups (broad SMARTS) is 1. The van der Waals surface area contributed by atoms with Crippen molar-refractivity contribution in [2.45, 2.75) is 51.1 Å². The van der Waals surface area contributed by atoms with Crippen LogP contribution in [0, 0.1) is 5.92 Å². The van der Waals surface area contributed by atoms with Crippen LogP contribution in [0.4, 0.5) is 0 Å². The molecule has 7 heteroatoms. The van der Waals surface area contributed by atoms with E-state index in [1.54, 1.807) is 4.57 Å². The quantitative estimate of drug-likeness (QED) is 0.820. The highest BCUT2D eigenvalue weighted by molar-refractivity contribution is 5.98. The van der Waals surface area contributed by atoms with Crippen molar-refractivity contribution < 1.29 is 19.4 Å². The number of hydrogen-bond acceptors (Lipinski definition) is 4. The van der Waals surface area contributed by atoms with Crippen molar-refractivity contribution in [2.24, 2.45) is 5.92 Å². The summed E-state index contributed by atoms with van der Waals surface area (Å²) < 4.78 is 7.27. The van der Waals surface area contributed by atoms with Gasteiger partial charge in [0.1, 0.15) is 5.56 Å². The van der Waals surface area contributed by atoms with E-state index in [0.29, 0.717) is 19.1 Å². The molecule has 1 aromatic rings. The molecule has 0 radical (unpaired) electrons. The number of pyridine rings is 1. The number of carboxylic acids is 1. The van der Waals surface area contributed by atoms with Crippen molar-refractivity contribution in [3.63, 3.8) is 0 Å². The van der Waals surface area contributed by atoms with Crippen LogP contribution in [0.5, 0.6) is 5.75 Å². The number of aromatic nitrogens is 1. The molecule has 3 heterocycles. The third kappa shape index (κ3) is 2.28. The Morgan fingerprint density at radius 1 is 1.44 bits per heavy atom. The smallest absolute Gasteiger partial charge is 0.341 e. The van der Waals surface area contributed by atoms with Gasteiger partial charge in [-0.2, -0.15) is 0 Å². The minimum Gasteiger partial charge on any atom is -0.487 e. The molecule has 0 unspecified atom stereocenters. The zero-order chi connectivity index (χ0) is 17.8. The van der Waals surface area contributed by atoms with Gasteiger partial charge >= 0.3 is 5.97 Å². The van der Waals surface area contributed by atoms with Gasteiger partial charge in [-0.3, -0.25) is 9.59 Å². The van der Waals surface area contributed by atoms with Crippen molar-refractivity contribution in [3.8, 4) is 5.75 Å². The molecule has 25 heavy (non-hydrogen) atoms. The Bertz CT molecular complexity index is 814. The van der Waals surface area contributed by atoms with Crippen molar-refractivity contribution in [1.82, 2.24) is 9.47 Å². The zero-order valence-corrected chi connectivity index (χ0v) is 14.3. The highest BCUT2D eigenvalue weighted by Crippen LogP contribution is 2.50. The van der Waals surface area contributed by atoms with Gasteiger partial charge in [-0.05, 0) is 31.6 Å². The summed E-state index contributed by atoms with van der Waals surface area (Å²) in [6, 6.07) is 0. The molecular weight excluding hydrogens is 324 g/mol. The molecule has 1 aromatic heterocycles. The Morgan fingerprint density at radius 2 is 2.24 bits per heavy atom. The van der Waals surface area contributed by atoms with Crippen LogP contribution in [0.1, 0.15) is 59.9 Å². The highest BCUT2D eigenvalue weighted by atomic mass is 16.5. The van der Waals surface area contributed by atoms with Crippen LogP contribution in [0.2, 0.25) is 0 Å². The summed E-state index contributed by atoms with van der Waals surface area (Å²) in [6.45, 7) is 3.55. The average Bonchev–Trinajstić information content (AvgIpc) is 3.14. The largest absolute Gasteiger partial charge is 0.487 e. The van der Waals surface area contributed by atoms with Crippen LogP contribution in [0.15, 0.2) is 11.0 Å². The number of carbonyl (C=O) groups is 2. The number of amides is 1. The molecule has 1 spiro atoms. The second-order valence-corrected chi connectivity index (χ2v) is 7.43. The van der Waals surface area contributed by atoms with E-state index in [9.17, 15) is 19.5 Å². The Labute approximate surface area is 145 Å². The maximum Gasteiger partial charge on any atom is 0.341 e.